The maximum absolute atomic E-state index is 12.9. The lowest BCUT2D eigenvalue weighted by atomic mass is 10.2. The summed E-state index contributed by atoms with van der Waals surface area (Å²) in [4.78, 5) is 4.23. The van der Waals surface area contributed by atoms with Crippen molar-refractivity contribution < 1.29 is 13.2 Å². The van der Waals surface area contributed by atoms with Gasteiger partial charge in [-0.3, -0.25) is 4.98 Å². The maximum atomic E-state index is 12.9. The van der Waals surface area contributed by atoms with Gasteiger partial charge in [-0.2, -0.15) is 17.0 Å². The van der Waals surface area contributed by atoms with Crippen molar-refractivity contribution >= 4 is 10.2 Å². The Hall–Kier alpha value is -1.02. The van der Waals surface area contributed by atoms with E-state index in [9.17, 15) is 8.42 Å². The first-order valence-corrected chi connectivity index (χ1v) is 8.98. The van der Waals surface area contributed by atoms with Crippen LogP contribution >= 0.6 is 0 Å². The van der Waals surface area contributed by atoms with Gasteiger partial charge in [0.2, 0.25) is 0 Å². The van der Waals surface area contributed by atoms with E-state index in [1.165, 1.54) is 8.61 Å². The molecule has 2 rings (SSSR count). The molecule has 1 heterocycles. The highest BCUT2D eigenvalue weighted by Crippen LogP contribution is 2.35. The van der Waals surface area contributed by atoms with E-state index >= 15 is 0 Å². The Morgan fingerprint density at radius 1 is 1.41 bits per heavy atom. The van der Waals surface area contributed by atoms with Gasteiger partial charge < -0.3 is 4.74 Å². The number of rotatable bonds is 9. The Balaban J connectivity index is 2.15. The van der Waals surface area contributed by atoms with Crippen LogP contribution in [0.2, 0.25) is 0 Å². The molecule has 0 aromatic carbocycles. The molecule has 124 valence electrons. The van der Waals surface area contributed by atoms with Crippen LogP contribution in [-0.2, 0) is 21.5 Å². The molecule has 1 fully saturated rings. The summed E-state index contributed by atoms with van der Waals surface area (Å²) in [6.07, 6.45) is 3.89. The normalized spacial score (nSPS) is 17.1. The fourth-order valence-electron chi connectivity index (χ4n) is 2.41. The van der Waals surface area contributed by atoms with Gasteiger partial charge in [-0.05, 0) is 37.8 Å². The van der Waals surface area contributed by atoms with Crippen LogP contribution < -0.4 is 0 Å². The SMILES string of the molecule is COCCN(Cc1ccccn1)S(=O)(=O)N(C)[C@@H](C)C1CC1. The summed E-state index contributed by atoms with van der Waals surface area (Å²) in [5, 5.41) is 0. The van der Waals surface area contributed by atoms with Crippen molar-refractivity contribution in [2.24, 2.45) is 5.92 Å². The lowest BCUT2D eigenvalue weighted by Crippen LogP contribution is -2.47. The summed E-state index contributed by atoms with van der Waals surface area (Å²) < 4.78 is 33.8. The Labute approximate surface area is 133 Å². The van der Waals surface area contributed by atoms with E-state index in [0.29, 0.717) is 19.1 Å². The molecule has 1 aromatic heterocycles. The Kier molecular flexibility index (Phi) is 5.91. The van der Waals surface area contributed by atoms with Crippen LogP contribution in [0.25, 0.3) is 0 Å². The van der Waals surface area contributed by atoms with E-state index in [-0.39, 0.29) is 12.6 Å². The van der Waals surface area contributed by atoms with Crippen molar-refractivity contribution in [3.8, 4) is 0 Å². The second-order valence-corrected chi connectivity index (χ2v) is 7.74. The van der Waals surface area contributed by atoms with Gasteiger partial charge in [-0.25, -0.2) is 0 Å². The fraction of sp³-hybridized carbons (Fsp3) is 0.667. The van der Waals surface area contributed by atoms with Crippen LogP contribution in [-0.4, -0.2) is 55.4 Å². The monoisotopic (exact) mass is 327 g/mol. The summed E-state index contributed by atoms with van der Waals surface area (Å²) in [5.41, 5.74) is 0.731. The minimum atomic E-state index is -3.53. The van der Waals surface area contributed by atoms with Gasteiger partial charge in [0.1, 0.15) is 0 Å². The van der Waals surface area contributed by atoms with E-state index in [4.69, 9.17) is 4.74 Å². The smallest absolute Gasteiger partial charge is 0.282 e. The van der Waals surface area contributed by atoms with E-state index in [0.717, 1.165) is 18.5 Å². The molecule has 1 aromatic rings. The molecular formula is C15H25N3O3S. The van der Waals surface area contributed by atoms with Gasteiger partial charge in [0.05, 0.1) is 18.8 Å². The number of pyridine rings is 1. The van der Waals surface area contributed by atoms with Crippen LogP contribution in [0.3, 0.4) is 0 Å². The molecule has 7 heteroatoms. The number of nitrogens with zero attached hydrogens (tertiary/aromatic N) is 3. The van der Waals surface area contributed by atoms with E-state index in [1.54, 1.807) is 20.4 Å². The number of ether oxygens (including phenoxy) is 1. The molecule has 0 radical (unpaired) electrons. The molecule has 0 amide bonds. The van der Waals surface area contributed by atoms with Crippen molar-refractivity contribution in [3.05, 3.63) is 30.1 Å². The highest BCUT2D eigenvalue weighted by Gasteiger charge is 2.37. The first kappa shape index (κ1) is 17.3. The first-order valence-electron chi connectivity index (χ1n) is 7.58. The number of hydrogen-bond donors (Lipinski definition) is 0. The lowest BCUT2D eigenvalue weighted by Gasteiger charge is -2.31. The zero-order valence-electron chi connectivity index (χ0n) is 13.5. The van der Waals surface area contributed by atoms with Crippen molar-refractivity contribution in [1.29, 1.82) is 0 Å². The first-order chi connectivity index (χ1) is 10.5. The van der Waals surface area contributed by atoms with E-state index in [2.05, 4.69) is 4.98 Å². The average Bonchev–Trinajstić information content (AvgIpc) is 3.35. The summed E-state index contributed by atoms with van der Waals surface area (Å²) >= 11 is 0. The topological polar surface area (TPSA) is 62.7 Å². The zero-order valence-corrected chi connectivity index (χ0v) is 14.3. The third kappa shape index (κ3) is 4.25. The van der Waals surface area contributed by atoms with Crippen molar-refractivity contribution in [1.82, 2.24) is 13.6 Å². The third-order valence-corrected chi connectivity index (χ3v) is 6.20. The third-order valence-electron chi connectivity index (χ3n) is 4.18. The van der Waals surface area contributed by atoms with Gasteiger partial charge in [0.25, 0.3) is 10.2 Å². The van der Waals surface area contributed by atoms with E-state index < -0.39 is 10.2 Å². The van der Waals surface area contributed by atoms with Crippen molar-refractivity contribution in [2.45, 2.75) is 32.4 Å². The standard InChI is InChI=1S/C15H25N3O3S/c1-13(14-7-8-14)17(2)22(19,20)18(10-11-21-3)12-15-6-4-5-9-16-15/h4-6,9,13-14H,7-8,10-12H2,1-3H3/t13-/m0/s1. The van der Waals surface area contributed by atoms with Crippen LogP contribution in [0, 0.1) is 5.92 Å². The summed E-state index contributed by atoms with van der Waals surface area (Å²) in [7, 11) is -0.294. The quantitative estimate of drug-likeness (QED) is 0.690. The maximum Gasteiger partial charge on any atom is 0.282 e. The summed E-state index contributed by atoms with van der Waals surface area (Å²) in [5.74, 6) is 0.485. The number of methoxy groups -OCH3 is 1. The highest BCUT2D eigenvalue weighted by molar-refractivity contribution is 7.86. The molecule has 1 aliphatic carbocycles. The van der Waals surface area contributed by atoms with Gasteiger partial charge >= 0.3 is 0 Å². The molecule has 0 N–H and O–H groups in total. The molecular weight excluding hydrogens is 302 g/mol. The second-order valence-electron chi connectivity index (χ2n) is 5.75. The van der Waals surface area contributed by atoms with Crippen LogP contribution in [0.1, 0.15) is 25.5 Å². The summed E-state index contributed by atoms with van der Waals surface area (Å²) in [6.45, 7) is 2.91. The Morgan fingerprint density at radius 3 is 2.68 bits per heavy atom. The minimum absolute atomic E-state index is 0.0266. The molecule has 22 heavy (non-hydrogen) atoms. The molecule has 6 nitrogen and oxygen atoms in total. The number of aromatic nitrogens is 1. The van der Waals surface area contributed by atoms with Crippen LogP contribution in [0.4, 0.5) is 0 Å². The highest BCUT2D eigenvalue weighted by atomic mass is 32.2. The molecule has 0 unspecified atom stereocenters. The largest absolute Gasteiger partial charge is 0.383 e. The number of hydrogen-bond acceptors (Lipinski definition) is 4. The molecule has 0 aliphatic heterocycles. The van der Waals surface area contributed by atoms with Crippen LogP contribution in [0.5, 0.6) is 0 Å². The van der Waals surface area contributed by atoms with E-state index in [1.807, 2.05) is 25.1 Å². The van der Waals surface area contributed by atoms with Crippen LogP contribution in [0.15, 0.2) is 24.4 Å². The predicted octanol–water partition coefficient (Wildman–Crippen LogP) is 1.51. The van der Waals surface area contributed by atoms with Crippen molar-refractivity contribution in [3.63, 3.8) is 0 Å². The van der Waals surface area contributed by atoms with Gasteiger partial charge in [0.15, 0.2) is 0 Å². The lowest BCUT2D eigenvalue weighted by molar-refractivity contribution is 0.172. The van der Waals surface area contributed by atoms with Gasteiger partial charge in [-0.1, -0.05) is 6.07 Å². The van der Waals surface area contributed by atoms with Gasteiger partial charge in [0, 0.05) is 32.9 Å². The second kappa shape index (κ2) is 7.50. The van der Waals surface area contributed by atoms with Crippen molar-refractivity contribution in [2.75, 3.05) is 27.3 Å². The Bertz CT molecular complexity index is 561. The Morgan fingerprint density at radius 2 is 2.14 bits per heavy atom. The molecule has 0 spiro atoms. The predicted molar refractivity (Wildman–Crippen MR) is 85.4 cm³/mol. The van der Waals surface area contributed by atoms with Gasteiger partial charge in [-0.15, -0.1) is 0 Å². The molecule has 0 bridgehead atoms. The average molecular weight is 327 g/mol. The zero-order chi connectivity index (χ0) is 16.2. The fourth-order valence-corrected chi connectivity index (χ4v) is 3.97. The molecule has 1 atom stereocenters. The molecule has 1 aliphatic rings. The molecule has 1 saturated carbocycles. The minimum Gasteiger partial charge on any atom is -0.383 e. The molecule has 0 saturated heterocycles. The summed E-state index contributed by atoms with van der Waals surface area (Å²) in [6, 6.07) is 5.54.